The minimum Gasteiger partial charge on any atom is -0.459 e. The zero-order valence-corrected chi connectivity index (χ0v) is 27.3. The van der Waals surface area contributed by atoms with Gasteiger partial charge in [0.25, 0.3) is 0 Å². The van der Waals surface area contributed by atoms with E-state index in [9.17, 15) is 19.2 Å². The van der Waals surface area contributed by atoms with Crippen LogP contribution in [0.15, 0.2) is 97.1 Å². The van der Waals surface area contributed by atoms with Crippen molar-refractivity contribution in [3.63, 3.8) is 0 Å². The molecule has 240 valence electrons. The number of nitrogens with zero attached hydrogens (tertiary/aromatic N) is 2. The van der Waals surface area contributed by atoms with Crippen LogP contribution in [-0.4, -0.2) is 40.1 Å². The number of ether oxygens (including phenoxy) is 1. The molecule has 4 aromatic rings. The fraction of sp³-hybridized carbons (Fsp3) is 0.263. The van der Waals surface area contributed by atoms with Crippen LogP contribution in [0.4, 0.5) is 0 Å². The van der Waals surface area contributed by atoms with Crippen molar-refractivity contribution in [2.75, 3.05) is 6.61 Å². The van der Waals surface area contributed by atoms with Gasteiger partial charge in [-0.05, 0) is 79.1 Å². The molecule has 4 aromatic carbocycles. The molecule has 0 aliphatic heterocycles. The molecule has 0 heterocycles. The minimum atomic E-state index is -0.929. The third kappa shape index (κ3) is 10.2. The van der Waals surface area contributed by atoms with E-state index in [1.54, 1.807) is 6.92 Å². The van der Waals surface area contributed by atoms with Crippen molar-refractivity contribution in [2.24, 2.45) is 5.73 Å². The number of carbonyl (C=O) groups excluding carboxylic acids is 4. The molecular weight excluding hydrogens is 578 g/mol. The van der Waals surface area contributed by atoms with Gasteiger partial charge in [0, 0.05) is 26.2 Å². The Kier molecular flexibility index (Phi) is 13.3. The second-order valence-electron chi connectivity index (χ2n) is 11.1. The summed E-state index contributed by atoms with van der Waals surface area (Å²) >= 11 is 0. The van der Waals surface area contributed by atoms with Crippen molar-refractivity contribution in [1.82, 2.24) is 9.80 Å². The maximum Gasteiger partial charge on any atom is 0.397 e. The Labute approximate surface area is 271 Å². The second-order valence-corrected chi connectivity index (χ2v) is 11.1. The first-order chi connectivity index (χ1) is 22.0. The van der Waals surface area contributed by atoms with Crippen LogP contribution in [0, 0.1) is 27.7 Å². The lowest BCUT2D eigenvalue weighted by molar-refractivity contribution is -0.160. The van der Waals surface area contributed by atoms with Crippen molar-refractivity contribution in [1.29, 1.82) is 0 Å². The number of carbonyl (C=O) groups is 4. The van der Waals surface area contributed by atoms with Crippen LogP contribution in [-0.2, 0) is 50.1 Å². The SMILES string of the molecule is CCOC(=O)C(=O)N(Cc1ccccc1)Cc1cccc(C)c1C.Cc1cccc(CN(Cc2ccccc2)C(=O)C(N)=O)c1C. The Bertz CT molecular complexity index is 1640. The Morgan fingerprint density at radius 2 is 0.978 bits per heavy atom. The molecule has 0 atom stereocenters. The zero-order valence-electron chi connectivity index (χ0n) is 27.3. The van der Waals surface area contributed by atoms with E-state index in [0.29, 0.717) is 26.2 Å². The molecule has 0 aromatic heterocycles. The normalized spacial score (nSPS) is 10.3. The van der Waals surface area contributed by atoms with E-state index >= 15 is 0 Å². The highest BCUT2D eigenvalue weighted by Gasteiger charge is 2.24. The van der Waals surface area contributed by atoms with Crippen LogP contribution in [0.2, 0.25) is 0 Å². The molecule has 3 amide bonds. The van der Waals surface area contributed by atoms with Crippen LogP contribution in [0.3, 0.4) is 0 Å². The second kappa shape index (κ2) is 17.3. The molecule has 0 bridgehead atoms. The highest BCUT2D eigenvalue weighted by atomic mass is 16.5. The molecule has 8 nitrogen and oxygen atoms in total. The maximum absolute atomic E-state index is 12.5. The van der Waals surface area contributed by atoms with Gasteiger partial charge in [-0.15, -0.1) is 0 Å². The smallest absolute Gasteiger partial charge is 0.397 e. The summed E-state index contributed by atoms with van der Waals surface area (Å²) in [6.45, 7) is 11.4. The molecule has 0 unspecified atom stereocenters. The largest absolute Gasteiger partial charge is 0.459 e. The third-order valence-electron chi connectivity index (χ3n) is 7.82. The number of primary amides is 1. The van der Waals surface area contributed by atoms with Gasteiger partial charge in [0.05, 0.1) is 6.61 Å². The highest BCUT2D eigenvalue weighted by molar-refractivity contribution is 6.34. The van der Waals surface area contributed by atoms with E-state index in [-0.39, 0.29) is 6.61 Å². The number of benzene rings is 4. The topological polar surface area (TPSA) is 110 Å². The number of rotatable bonds is 9. The quantitative estimate of drug-likeness (QED) is 0.190. The lowest BCUT2D eigenvalue weighted by atomic mass is 10.0. The molecule has 0 saturated heterocycles. The van der Waals surface area contributed by atoms with Crippen LogP contribution in [0.1, 0.15) is 51.4 Å². The number of esters is 1. The van der Waals surface area contributed by atoms with E-state index in [4.69, 9.17) is 10.5 Å². The first kappa shape index (κ1) is 35.2. The monoisotopic (exact) mass is 621 g/mol. The highest BCUT2D eigenvalue weighted by Crippen LogP contribution is 2.18. The first-order valence-electron chi connectivity index (χ1n) is 15.2. The molecular formula is C38H43N3O5. The van der Waals surface area contributed by atoms with E-state index in [1.807, 2.05) is 125 Å². The summed E-state index contributed by atoms with van der Waals surface area (Å²) in [5.74, 6) is -3.01. The van der Waals surface area contributed by atoms with Crippen LogP contribution in [0.5, 0.6) is 0 Å². The lowest BCUT2D eigenvalue weighted by Crippen LogP contribution is -2.39. The Balaban J connectivity index is 0.000000251. The van der Waals surface area contributed by atoms with Crippen molar-refractivity contribution < 1.29 is 23.9 Å². The van der Waals surface area contributed by atoms with Crippen LogP contribution in [0.25, 0.3) is 0 Å². The van der Waals surface area contributed by atoms with E-state index in [0.717, 1.165) is 44.5 Å². The summed E-state index contributed by atoms with van der Waals surface area (Å²) in [7, 11) is 0. The zero-order chi connectivity index (χ0) is 33.6. The first-order valence-corrected chi connectivity index (χ1v) is 15.2. The molecule has 2 N–H and O–H groups in total. The van der Waals surface area contributed by atoms with E-state index in [2.05, 4.69) is 0 Å². The Morgan fingerprint density at radius 1 is 0.565 bits per heavy atom. The molecule has 46 heavy (non-hydrogen) atoms. The molecule has 0 spiro atoms. The van der Waals surface area contributed by atoms with E-state index < -0.39 is 23.7 Å². The molecule has 0 radical (unpaired) electrons. The number of aryl methyl sites for hydroxylation is 2. The van der Waals surface area contributed by atoms with Gasteiger partial charge in [0.15, 0.2) is 0 Å². The predicted molar refractivity (Wildman–Crippen MR) is 179 cm³/mol. The summed E-state index contributed by atoms with van der Waals surface area (Å²) in [6.07, 6.45) is 0. The van der Waals surface area contributed by atoms with Gasteiger partial charge < -0.3 is 20.3 Å². The fourth-order valence-electron chi connectivity index (χ4n) is 4.86. The van der Waals surface area contributed by atoms with Crippen LogP contribution < -0.4 is 5.73 Å². The van der Waals surface area contributed by atoms with Crippen molar-refractivity contribution in [3.05, 3.63) is 142 Å². The molecule has 4 rings (SSSR count). The van der Waals surface area contributed by atoms with Gasteiger partial charge >= 0.3 is 23.7 Å². The summed E-state index contributed by atoms with van der Waals surface area (Å²) in [5.41, 5.74) is 13.7. The van der Waals surface area contributed by atoms with Gasteiger partial charge in [0.1, 0.15) is 0 Å². The lowest BCUT2D eigenvalue weighted by Gasteiger charge is -2.23. The molecule has 0 aliphatic carbocycles. The predicted octanol–water partition coefficient (Wildman–Crippen LogP) is 5.71. The summed E-state index contributed by atoms with van der Waals surface area (Å²) < 4.78 is 4.88. The van der Waals surface area contributed by atoms with Gasteiger partial charge in [-0.25, -0.2) is 4.79 Å². The van der Waals surface area contributed by atoms with E-state index in [1.165, 1.54) is 9.80 Å². The van der Waals surface area contributed by atoms with Gasteiger partial charge in [0.2, 0.25) is 0 Å². The molecule has 0 saturated carbocycles. The fourth-order valence-corrected chi connectivity index (χ4v) is 4.86. The average molecular weight is 622 g/mol. The summed E-state index contributed by atoms with van der Waals surface area (Å²) in [6, 6.07) is 31.1. The number of amides is 3. The molecule has 0 fully saturated rings. The average Bonchev–Trinajstić information content (AvgIpc) is 3.05. The van der Waals surface area contributed by atoms with Gasteiger partial charge in [-0.1, -0.05) is 97.1 Å². The van der Waals surface area contributed by atoms with Crippen molar-refractivity contribution >= 4 is 23.7 Å². The number of nitrogens with two attached hydrogens (primary N) is 1. The minimum absolute atomic E-state index is 0.188. The number of hydrogen-bond acceptors (Lipinski definition) is 5. The third-order valence-corrected chi connectivity index (χ3v) is 7.82. The van der Waals surface area contributed by atoms with Gasteiger partial charge in [-0.2, -0.15) is 0 Å². The van der Waals surface area contributed by atoms with Crippen molar-refractivity contribution in [3.8, 4) is 0 Å². The molecule has 8 heteroatoms. The van der Waals surface area contributed by atoms with Gasteiger partial charge in [-0.3, -0.25) is 14.4 Å². The standard InChI is InChI=1S/C20H23NO3.C18H20N2O2/c1-4-24-20(23)19(22)21(13-17-10-6-5-7-11-17)14-18-12-8-9-15(2)16(18)3;1-13-7-6-10-16(14(13)2)12-20(18(22)17(19)21)11-15-8-4-3-5-9-15/h5-12H,4,13-14H2,1-3H3;3-10H,11-12H2,1-2H3,(H2,19,21). The molecule has 0 aliphatic rings. The summed E-state index contributed by atoms with van der Waals surface area (Å²) in [4.78, 5) is 50.8. The number of hydrogen-bond donors (Lipinski definition) is 1. The van der Waals surface area contributed by atoms with Crippen LogP contribution >= 0.6 is 0 Å². The van der Waals surface area contributed by atoms with Crippen molar-refractivity contribution in [2.45, 2.75) is 60.8 Å². The maximum atomic E-state index is 12.5. The Morgan fingerprint density at radius 3 is 1.37 bits per heavy atom. The Hall–Kier alpha value is -5.24. The summed E-state index contributed by atoms with van der Waals surface area (Å²) in [5, 5.41) is 0.